The van der Waals surface area contributed by atoms with Crippen LogP contribution in [0.25, 0.3) is 0 Å². The Morgan fingerprint density at radius 1 is 1.20 bits per heavy atom. The second kappa shape index (κ2) is 6.36. The van der Waals surface area contributed by atoms with Gasteiger partial charge in [-0.05, 0) is 55.4 Å². The molecule has 0 bridgehead atoms. The van der Waals surface area contributed by atoms with Crippen LogP contribution in [-0.4, -0.2) is 35.2 Å². The third-order valence-corrected chi connectivity index (χ3v) is 6.47. The average Bonchev–Trinajstić information content (AvgIpc) is 2.88. The zero-order valence-electron chi connectivity index (χ0n) is 14.2. The monoisotopic (exact) mass is 281 g/mol. The number of aliphatic hydroxyl groups excluding tert-OH is 1. The second-order valence-electron chi connectivity index (χ2n) is 8.27. The van der Waals surface area contributed by atoms with E-state index in [4.69, 9.17) is 0 Å². The molecular weight excluding hydrogens is 246 g/mol. The van der Waals surface area contributed by atoms with Crippen LogP contribution in [0, 0.1) is 23.2 Å². The highest BCUT2D eigenvalue weighted by Crippen LogP contribution is 2.42. The number of hydrogen-bond acceptors (Lipinski definition) is 2. The van der Waals surface area contributed by atoms with Gasteiger partial charge in [-0.3, -0.25) is 4.90 Å². The summed E-state index contributed by atoms with van der Waals surface area (Å²) in [6, 6.07) is 0.420. The van der Waals surface area contributed by atoms with Gasteiger partial charge in [0.1, 0.15) is 0 Å². The molecule has 1 aliphatic carbocycles. The molecule has 1 heterocycles. The predicted octanol–water partition coefficient (Wildman–Crippen LogP) is 3.93. The smallest absolute Gasteiger partial charge is 0.0695 e. The van der Waals surface area contributed by atoms with Crippen LogP contribution in [0.4, 0.5) is 0 Å². The van der Waals surface area contributed by atoms with Gasteiger partial charge in [-0.25, -0.2) is 0 Å². The molecule has 2 heteroatoms. The zero-order valence-corrected chi connectivity index (χ0v) is 14.2. The lowest BCUT2D eigenvalue weighted by atomic mass is 9.67. The van der Waals surface area contributed by atoms with Crippen molar-refractivity contribution in [3.05, 3.63) is 0 Å². The first-order valence-corrected chi connectivity index (χ1v) is 8.77. The maximum absolute atomic E-state index is 10.5. The van der Waals surface area contributed by atoms with Crippen molar-refractivity contribution in [1.29, 1.82) is 0 Å². The van der Waals surface area contributed by atoms with Crippen molar-refractivity contribution in [2.75, 3.05) is 13.1 Å². The summed E-state index contributed by atoms with van der Waals surface area (Å²) in [5.74, 6) is 2.39. The summed E-state index contributed by atoms with van der Waals surface area (Å²) in [7, 11) is 0. The number of likely N-dealkylation sites (tertiary alicyclic amines) is 1. The molecule has 2 nitrogen and oxygen atoms in total. The number of rotatable bonds is 4. The van der Waals surface area contributed by atoms with E-state index in [1.165, 1.54) is 38.8 Å². The van der Waals surface area contributed by atoms with Gasteiger partial charge in [0.05, 0.1) is 6.10 Å². The van der Waals surface area contributed by atoms with Crippen molar-refractivity contribution in [3.63, 3.8) is 0 Å². The summed E-state index contributed by atoms with van der Waals surface area (Å²) in [5.41, 5.74) is 0.426. The third-order valence-electron chi connectivity index (χ3n) is 6.47. The molecule has 0 spiro atoms. The van der Waals surface area contributed by atoms with E-state index in [-0.39, 0.29) is 6.10 Å². The second-order valence-corrected chi connectivity index (χ2v) is 8.27. The Hall–Kier alpha value is -0.0800. The van der Waals surface area contributed by atoms with E-state index in [1.54, 1.807) is 0 Å². The van der Waals surface area contributed by atoms with Gasteiger partial charge in [0, 0.05) is 12.6 Å². The van der Waals surface area contributed by atoms with Gasteiger partial charge in [-0.2, -0.15) is 0 Å². The maximum atomic E-state index is 10.5. The van der Waals surface area contributed by atoms with Crippen LogP contribution < -0.4 is 0 Å². The normalized spacial score (nSPS) is 36.8. The highest BCUT2D eigenvalue weighted by atomic mass is 16.3. The van der Waals surface area contributed by atoms with Crippen LogP contribution >= 0.6 is 0 Å². The predicted molar refractivity (Wildman–Crippen MR) is 85.7 cm³/mol. The van der Waals surface area contributed by atoms with E-state index < -0.39 is 0 Å². The molecule has 4 unspecified atom stereocenters. The molecule has 2 rings (SSSR count). The Kier molecular flexibility index (Phi) is 5.18. The van der Waals surface area contributed by atoms with E-state index >= 15 is 0 Å². The lowest BCUT2D eigenvalue weighted by molar-refractivity contribution is -0.0145. The number of hydrogen-bond donors (Lipinski definition) is 1. The van der Waals surface area contributed by atoms with Crippen LogP contribution in [0.15, 0.2) is 0 Å². The molecule has 118 valence electrons. The maximum Gasteiger partial charge on any atom is 0.0695 e. The highest BCUT2D eigenvalue weighted by Gasteiger charge is 2.41. The van der Waals surface area contributed by atoms with Crippen molar-refractivity contribution < 1.29 is 5.11 Å². The molecular formula is C18H35NO. The quantitative estimate of drug-likeness (QED) is 0.844. The van der Waals surface area contributed by atoms with Crippen molar-refractivity contribution in [1.82, 2.24) is 4.90 Å². The Morgan fingerprint density at radius 3 is 2.45 bits per heavy atom. The van der Waals surface area contributed by atoms with E-state index in [0.717, 1.165) is 24.2 Å². The molecule has 0 aromatic heterocycles. The van der Waals surface area contributed by atoms with Gasteiger partial charge in [0.25, 0.3) is 0 Å². The topological polar surface area (TPSA) is 23.5 Å². The van der Waals surface area contributed by atoms with Crippen LogP contribution in [-0.2, 0) is 0 Å². The Balaban J connectivity index is 1.99. The van der Waals surface area contributed by atoms with Gasteiger partial charge in [-0.15, -0.1) is 0 Å². The molecule has 1 saturated heterocycles. The summed E-state index contributed by atoms with van der Waals surface area (Å²) in [6.45, 7) is 14.2. The first kappa shape index (κ1) is 16.3. The zero-order chi connectivity index (χ0) is 14.9. The van der Waals surface area contributed by atoms with E-state index in [2.05, 4.69) is 39.5 Å². The molecule has 0 amide bonds. The molecule has 1 saturated carbocycles. The molecule has 1 N–H and O–H groups in total. The minimum Gasteiger partial charge on any atom is -0.391 e. The number of aliphatic hydroxyl groups is 1. The first-order chi connectivity index (χ1) is 9.35. The third kappa shape index (κ3) is 3.39. The summed E-state index contributed by atoms with van der Waals surface area (Å²) in [4.78, 5) is 2.60. The molecule has 2 fully saturated rings. The van der Waals surface area contributed by atoms with Crippen molar-refractivity contribution in [2.45, 2.75) is 78.9 Å². The fourth-order valence-corrected chi connectivity index (χ4v) is 4.18. The Bertz CT molecular complexity index is 313. The average molecular weight is 281 g/mol. The van der Waals surface area contributed by atoms with Gasteiger partial charge >= 0.3 is 0 Å². The summed E-state index contributed by atoms with van der Waals surface area (Å²) < 4.78 is 0. The lowest BCUT2D eigenvalue weighted by Gasteiger charge is -2.44. The summed E-state index contributed by atoms with van der Waals surface area (Å²) in [6.07, 6.45) is 5.89. The lowest BCUT2D eigenvalue weighted by Crippen LogP contribution is -2.48. The standard InChI is InChI=1S/C18H35NO/c1-6-18(4,5)15-7-8-17(20)16(11-15)19-10-9-14(12-19)13(2)3/h13-17,20H,6-12H2,1-5H3. The van der Waals surface area contributed by atoms with Crippen molar-refractivity contribution >= 4 is 0 Å². The minimum absolute atomic E-state index is 0.0928. The number of nitrogens with zero attached hydrogens (tertiary/aromatic N) is 1. The van der Waals surface area contributed by atoms with E-state index in [0.29, 0.717) is 11.5 Å². The summed E-state index contributed by atoms with van der Waals surface area (Å²) >= 11 is 0. The highest BCUT2D eigenvalue weighted by molar-refractivity contribution is 4.94. The van der Waals surface area contributed by atoms with Crippen molar-refractivity contribution in [2.24, 2.45) is 23.2 Å². The van der Waals surface area contributed by atoms with E-state index in [9.17, 15) is 5.11 Å². The Morgan fingerprint density at radius 2 is 1.90 bits per heavy atom. The molecule has 4 atom stereocenters. The van der Waals surface area contributed by atoms with Crippen LogP contribution in [0.2, 0.25) is 0 Å². The summed E-state index contributed by atoms with van der Waals surface area (Å²) in [5, 5.41) is 10.5. The molecule has 2 aliphatic rings. The SMILES string of the molecule is CCC(C)(C)C1CCC(O)C(N2CCC(C(C)C)C2)C1. The minimum atomic E-state index is -0.0928. The molecule has 0 aromatic carbocycles. The van der Waals surface area contributed by atoms with Gasteiger partial charge in [0.15, 0.2) is 0 Å². The van der Waals surface area contributed by atoms with Gasteiger partial charge < -0.3 is 5.11 Å². The van der Waals surface area contributed by atoms with Crippen LogP contribution in [0.5, 0.6) is 0 Å². The van der Waals surface area contributed by atoms with E-state index in [1.807, 2.05) is 0 Å². The molecule has 0 aromatic rings. The molecule has 0 radical (unpaired) electrons. The fraction of sp³-hybridized carbons (Fsp3) is 1.00. The fourth-order valence-electron chi connectivity index (χ4n) is 4.18. The molecule has 20 heavy (non-hydrogen) atoms. The van der Waals surface area contributed by atoms with Gasteiger partial charge in [-0.1, -0.05) is 41.0 Å². The van der Waals surface area contributed by atoms with Crippen LogP contribution in [0.3, 0.4) is 0 Å². The van der Waals surface area contributed by atoms with Crippen LogP contribution in [0.1, 0.15) is 66.7 Å². The largest absolute Gasteiger partial charge is 0.391 e. The van der Waals surface area contributed by atoms with Gasteiger partial charge in [0.2, 0.25) is 0 Å². The first-order valence-electron chi connectivity index (χ1n) is 8.77. The Labute approximate surface area is 125 Å². The molecule has 1 aliphatic heterocycles. The van der Waals surface area contributed by atoms with Crippen molar-refractivity contribution in [3.8, 4) is 0 Å².